The maximum atomic E-state index is 13.0. The van der Waals surface area contributed by atoms with E-state index in [4.69, 9.17) is 0 Å². The number of benzene rings is 2. The number of rotatable bonds is 8. The lowest BCUT2D eigenvalue weighted by molar-refractivity contribution is 0.102. The second kappa shape index (κ2) is 10.5. The zero-order valence-electron chi connectivity index (χ0n) is 21.2. The average molecular weight is 484 g/mol. The van der Waals surface area contributed by atoms with Gasteiger partial charge in [0, 0.05) is 24.3 Å². The first-order valence-electron chi connectivity index (χ1n) is 12.7. The van der Waals surface area contributed by atoms with Crippen LogP contribution in [0, 0.1) is 6.92 Å². The molecule has 1 fully saturated rings. The molecule has 1 atom stereocenters. The first-order valence-corrected chi connectivity index (χ1v) is 12.7. The van der Waals surface area contributed by atoms with E-state index >= 15 is 0 Å². The number of aryl methyl sites for hydroxylation is 2. The number of aromatic nitrogens is 4. The number of nitrogens with zero attached hydrogens (tertiary/aromatic N) is 5. The van der Waals surface area contributed by atoms with Crippen LogP contribution in [0.2, 0.25) is 0 Å². The van der Waals surface area contributed by atoms with Crippen LogP contribution in [0.25, 0.3) is 11.2 Å². The Bertz CT molecular complexity index is 1370. The Morgan fingerprint density at radius 3 is 2.75 bits per heavy atom. The maximum absolute atomic E-state index is 13.0. The molecular formula is C28H33N7O. The highest BCUT2D eigenvalue weighted by molar-refractivity contribution is 6.04. The van der Waals surface area contributed by atoms with Crippen LogP contribution in [-0.2, 0) is 13.1 Å². The van der Waals surface area contributed by atoms with E-state index < -0.39 is 0 Å². The smallest absolute Gasteiger partial charge is 0.255 e. The summed E-state index contributed by atoms with van der Waals surface area (Å²) in [6.45, 7) is 10.2. The predicted molar refractivity (Wildman–Crippen MR) is 143 cm³/mol. The van der Waals surface area contributed by atoms with Crippen LogP contribution < -0.4 is 10.6 Å². The third-order valence-corrected chi connectivity index (χ3v) is 6.81. The summed E-state index contributed by atoms with van der Waals surface area (Å²) in [5.41, 5.74) is 6.31. The number of carbonyl (C=O) groups excluding carboxylic acids is 1. The molecule has 2 aromatic carbocycles. The van der Waals surface area contributed by atoms with Crippen molar-refractivity contribution >= 4 is 28.6 Å². The minimum Gasteiger partial charge on any atom is -0.362 e. The van der Waals surface area contributed by atoms with Crippen molar-refractivity contribution in [3.05, 3.63) is 77.1 Å². The van der Waals surface area contributed by atoms with Crippen molar-refractivity contribution in [3.8, 4) is 0 Å². The lowest BCUT2D eigenvalue weighted by Crippen LogP contribution is -2.19. The summed E-state index contributed by atoms with van der Waals surface area (Å²) in [5.74, 6) is 0.557. The van der Waals surface area contributed by atoms with Crippen molar-refractivity contribution in [2.24, 2.45) is 0 Å². The van der Waals surface area contributed by atoms with Gasteiger partial charge in [0.2, 0.25) is 5.65 Å². The van der Waals surface area contributed by atoms with Gasteiger partial charge in [-0.1, -0.05) is 18.2 Å². The molecule has 5 rings (SSSR count). The van der Waals surface area contributed by atoms with Gasteiger partial charge in [0.1, 0.15) is 11.3 Å². The van der Waals surface area contributed by atoms with Crippen molar-refractivity contribution in [1.29, 1.82) is 0 Å². The largest absolute Gasteiger partial charge is 0.362 e. The van der Waals surface area contributed by atoms with Crippen LogP contribution in [0.3, 0.4) is 0 Å². The number of nitrogens with one attached hydrogen (secondary N) is 2. The van der Waals surface area contributed by atoms with Crippen molar-refractivity contribution in [3.63, 3.8) is 0 Å². The summed E-state index contributed by atoms with van der Waals surface area (Å²) >= 11 is 0. The first kappa shape index (κ1) is 23.9. The molecule has 4 aromatic rings. The SMILES string of the molecule is CCn1cc2ncc(N[C@@H](C)c3cccc(NC(=O)c4ccc(CN5CCCC5)c(C)c4)c3)nc2n1. The molecule has 2 N–H and O–H groups in total. The van der Waals surface area contributed by atoms with Gasteiger partial charge in [0.25, 0.3) is 5.91 Å². The summed E-state index contributed by atoms with van der Waals surface area (Å²) in [4.78, 5) is 24.5. The second-order valence-electron chi connectivity index (χ2n) is 9.52. The van der Waals surface area contributed by atoms with Gasteiger partial charge in [-0.2, -0.15) is 5.10 Å². The van der Waals surface area contributed by atoms with Crippen LogP contribution >= 0.6 is 0 Å². The number of likely N-dealkylation sites (tertiary alicyclic amines) is 1. The second-order valence-corrected chi connectivity index (χ2v) is 9.52. The van der Waals surface area contributed by atoms with E-state index in [-0.39, 0.29) is 11.9 Å². The van der Waals surface area contributed by atoms with E-state index in [9.17, 15) is 4.79 Å². The molecule has 8 nitrogen and oxygen atoms in total. The summed E-state index contributed by atoms with van der Waals surface area (Å²) in [6.07, 6.45) is 6.17. The molecule has 0 bridgehead atoms. The Morgan fingerprint density at radius 1 is 1.14 bits per heavy atom. The highest BCUT2D eigenvalue weighted by atomic mass is 16.1. The van der Waals surface area contributed by atoms with Gasteiger partial charge in [0.05, 0.1) is 18.4 Å². The zero-order valence-corrected chi connectivity index (χ0v) is 21.2. The Kier molecular flexibility index (Phi) is 6.95. The van der Waals surface area contributed by atoms with E-state index in [0.29, 0.717) is 17.0 Å². The van der Waals surface area contributed by atoms with Gasteiger partial charge in [-0.3, -0.25) is 14.4 Å². The molecule has 0 unspecified atom stereocenters. The minimum atomic E-state index is -0.105. The third kappa shape index (κ3) is 5.39. The standard InChI is InChI=1S/C28H33N7O/c1-4-35-18-25-27(33-35)32-26(16-29-25)30-20(3)21-8-7-9-24(15-21)31-28(36)22-10-11-23(19(2)14-22)17-34-12-5-6-13-34/h7-11,14-16,18,20H,4-6,12-13,17H2,1-3H3,(H,31,36)(H,30,32,33)/t20-/m0/s1. The van der Waals surface area contributed by atoms with E-state index in [1.54, 1.807) is 6.20 Å². The highest BCUT2D eigenvalue weighted by Gasteiger charge is 2.15. The van der Waals surface area contributed by atoms with E-state index in [1.807, 2.05) is 54.2 Å². The number of amides is 1. The summed E-state index contributed by atoms with van der Waals surface area (Å²) < 4.78 is 1.83. The molecule has 8 heteroatoms. The summed E-state index contributed by atoms with van der Waals surface area (Å²) in [5, 5.41) is 10.9. The number of hydrogen-bond acceptors (Lipinski definition) is 6. The monoisotopic (exact) mass is 483 g/mol. The normalized spacial score (nSPS) is 14.8. The summed E-state index contributed by atoms with van der Waals surface area (Å²) in [6, 6.07) is 13.8. The molecular weight excluding hydrogens is 450 g/mol. The predicted octanol–water partition coefficient (Wildman–Crippen LogP) is 5.18. The molecule has 2 aromatic heterocycles. The van der Waals surface area contributed by atoms with Gasteiger partial charge >= 0.3 is 0 Å². The Hall–Kier alpha value is -3.78. The topological polar surface area (TPSA) is 88.0 Å². The number of hydrogen-bond donors (Lipinski definition) is 2. The summed E-state index contributed by atoms with van der Waals surface area (Å²) in [7, 11) is 0. The van der Waals surface area contributed by atoms with Gasteiger partial charge < -0.3 is 10.6 Å². The lowest BCUT2D eigenvalue weighted by Gasteiger charge is -2.17. The number of fused-ring (bicyclic) bond motifs is 1. The van der Waals surface area contributed by atoms with Crippen molar-refractivity contribution in [2.75, 3.05) is 23.7 Å². The van der Waals surface area contributed by atoms with Crippen LogP contribution in [0.5, 0.6) is 0 Å². The Morgan fingerprint density at radius 2 is 1.97 bits per heavy atom. The van der Waals surface area contributed by atoms with Crippen molar-refractivity contribution in [1.82, 2.24) is 24.6 Å². The van der Waals surface area contributed by atoms with Crippen molar-refractivity contribution < 1.29 is 4.79 Å². The van der Waals surface area contributed by atoms with Gasteiger partial charge in [-0.05, 0) is 87.7 Å². The van der Waals surface area contributed by atoms with Crippen molar-refractivity contribution in [2.45, 2.75) is 52.7 Å². The average Bonchev–Trinajstić information content (AvgIpc) is 3.54. The van der Waals surface area contributed by atoms with Gasteiger partial charge in [-0.15, -0.1) is 0 Å². The molecule has 1 aliphatic heterocycles. The number of carbonyl (C=O) groups is 1. The molecule has 0 radical (unpaired) electrons. The van der Waals surface area contributed by atoms with E-state index in [1.165, 1.54) is 18.4 Å². The molecule has 0 saturated carbocycles. The van der Waals surface area contributed by atoms with E-state index in [2.05, 4.69) is 50.5 Å². The quantitative estimate of drug-likeness (QED) is 0.359. The first-order chi connectivity index (χ1) is 17.5. The molecule has 36 heavy (non-hydrogen) atoms. The fourth-order valence-electron chi connectivity index (χ4n) is 4.67. The fraction of sp³-hybridized carbons (Fsp3) is 0.357. The maximum Gasteiger partial charge on any atom is 0.255 e. The third-order valence-electron chi connectivity index (χ3n) is 6.81. The van der Waals surface area contributed by atoms with Crippen LogP contribution in [0.1, 0.15) is 59.8 Å². The van der Waals surface area contributed by atoms with Gasteiger partial charge in [0.15, 0.2) is 0 Å². The molecule has 186 valence electrons. The molecule has 1 saturated heterocycles. The Balaban J connectivity index is 1.24. The van der Waals surface area contributed by atoms with Crippen LogP contribution in [0.15, 0.2) is 54.9 Å². The highest BCUT2D eigenvalue weighted by Crippen LogP contribution is 2.23. The minimum absolute atomic E-state index is 0.0334. The van der Waals surface area contributed by atoms with E-state index in [0.717, 1.165) is 48.5 Å². The molecule has 0 aliphatic carbocycles. The van der Waals surface area contributed by atoms with Gasteiger partial charge in [-0.25, -0.2) is 9.97 Å². The molecule has 0 spiro atoms. The molecule has 1 aliphatic rings. The fourth-order valence-corrected chi connectivity index (χ4v) is 4.67. The molecule has 1 amide bonds. The molecule has 3 heterocycles. The Labute approximate surface area is 211 Å². The zero-order chi connectivity index (χ0) is 25.1. The number of anilines is 2. The lowest BCUT2D eigenvalue weighted by atomic mass is 10.0. The van der Waals surface area contributed by atoms with Crippen LogP contribution in [0.4, 0.5) is 11.5 Å². The van der Waals surface area contributed by atoms with Crippen LogP contribution in [-0.4, -0.2) is 43.6 Å².